The number of carbonyl (C=O) groups is 1. The highest BCUT2D eigenvalue weighted by Gasteiger charge is 2.08. The van der Waals surface area contributed by atoms with E-state index in [1.807, 2.05) is 0 Å². The topological polar surface area (TPSA) is 63.1 Å². The van der Waals surface area contributed by atoms with Crippen LogP contribution in [0, 0.1) is 5.92 Å². The van der Waals surface area contributed by atoms with Crippen molar-refractivity contribution in [2.24, 2.45) is 5.92 Å². The number of aliphatic carboxylic acids is 1. The first kappa shape index (κ1) is 14.6. The third-order valence-electron chi connectivity index (χ3n) is 2.14. The molecule has 0 saturated heterocycles. The molecule has 1 atom stereocenters. The summed E-state index contributed by atoms with van der Waals surface area (Å²) in [7, 11) is 0. The molecule has 0 aliphatic heterocycles. The molecule has 4 heteroatoms. The van der Waals surface area contributed by atoms with Crippen molar-refractivity contribution in [3.8, 4) is 0 Å². The molecule has 0 aromatic carbocycles. The van der Waals surface area contributed by atoms with Crippen molar-refractivity contribution >= 4 is 5.97 Å². The summed E-state index contributed by atoms with van der Waals surface area (Å²) in [5.41, 5.74) is 0. The van der Waals surface area contributed by atoms with Crippen molar-refractivity contribution in [1.29, 1.82) is 0 Å². The van der Waals surface area contributed by atoms with Crippen LogP contribution in [0.25, 0.3) is 0 Å². The van der Waals surface area contributed by atoms with E-state index < -0.39 is 5.97 Å². The van der Waals surface area contributed by atoms with Crippen molar-refractivity contribution in [1.82, 2.24) is 9.97 Å². The number of unbranched alkanes of at least 4 members (excludes halogenated alkanes) is 2. The highest BCUT2D eigenvalue weighted by Crippen LogP contribution is 2.08. The van der Waals surface area contributed by atoms with Crippen molar-refractivity contribution < 1.29 is 9.90 Å². The van der Waals surface area contributed by atoms with Crippen LogP contribution in [0.15, 0.2) is 24.8 Å². The van der Waals surface area contributed by atoms with Gasteiger partial charge in [0.2, 0.25) is 0 Å². The molecule has 0 bridgehead atoms. The van der Waals surface area contributed by atoms with Crippen molar-refractivity contribution in [2.75, 3.05) is 0 Å². The fourth-order valence-electron chi connectivity index (χ4n) is 1.08. The first-order valence-electron chi connectivity index (χ1n) is 5.61. The van der Waals surface area contributed by atoms with Crippen LogP contribution in [-0.2, 0) is 4.79 Å². The largest absolute Gasteiger partial charge is 0.481 e. The molecule has 1 aromatic heterocycles. The molecule has 0 radical (unpaired) electrons. The molecule has 1 rings (SSSR count). The zero-order chi connectivity index (χ0) is 12.2. The van der Waals surface area contributed by atoms with E-state index in [9.17, 15) is 4.79 Å². The minimum absolute atomic E-state index is 0.161. The van der Waals surface area contributed by atoms with E-state index in [0.29, 0.717) is 0 Å². The summed E-state index contributed by atoms with van der Waals surface area (Å²) in [6, 6.07) is 1.78. The van der Waals surface area contributed by atoms with E-state index in [1.165, 1.54) is 6.33 Å². The van der Waals surface area contributed by atoms with Gasteiger partial charge in [-0.05, 0) is 12.5 Å². The molecule has 1 unspecified atom stereocenters. The number of rotatable bonds is 5. The van der Waals surface area contributed by atoms with Crippen LogP contribution < -0.4 is 0 Å². The Hall–Kier alpha value is -1.45. The Labute approximate surface area is 96.8 Å². The lowest BCUT2D eigenvalue weighted by atomic mass is 10.0. The average molecular weight is 224 g/mol. The van der Waals surface area contributed by atoms with Crippen LogP contribution in [0.2, 0.25) is 0 Å². The van der Waals surface area contributed by atoms with Crippen LogP contribution in [-0.4, -0.2) is 21.0 Å². The Balaban J connectivity index is 0.000000315. The molecule has 0 fully saturated rings. The van der Waals surface area contributed by atoms with E-state index in [4.69, 9.17) is 5.11 Å². The molecular weight excluding hydrogens is 204 g/mol. The van der Waals surface area contributed by atoms with Gasteiger partial charge in [-0.25, -0.2) is 9.97 Å². The van der Waals surface area contributed by atoms with Crippen LogP contribution in [0.3, 0.4) is 0 Å². The Morgan fingerprint density at radius 1 is 1.31 bits per heavy atom. The van der Waals surface area contributed by atoms with Crippen LogP contribution in [0.1, 0.15) is 39.5 Å². The van der Waals surface area contributed by atoms with Crippen LogP contribution in [0.4, 0.5) is 0 Å². The van der Waals surface area contributed by atoms with Gasteiger partial charge in [-0.1, -0.05) is 33.1 Å². The highest BCUT2D eigenvalue weighted by atomic mass is 16.4. The molecule has 0 aliphatic rings. The molecule has 0 saturated carbocycles. The normalized spacial score (nSPS) is 11.1. The van der Waals surface area contributed by atoms with Gasteiger partial charge in [-0.15, -0.1) is 0 Å². The summed E-state index contributed by atoms with van der Waals surface area (Å²) >= 11 is 0. The summed E-state index contributed by atoms with van der Waals surface area (Å²) in [6.45, 7) is 3.88. The maximum Gasteiger partial charge on any atom is 0.306 e. The lowest BCUT2D eigenvalue weighted by Gasteiger charge is -2.03. The number of hydrogen-bond donors (Lipinski definition) is 1. The predicted molar refractivity (Wildman–Crippen MR) is 63.0 cm³/mol. The van der Waals surface area contributed by atoms with Gasteiger partial charge < -0.3 is 5.11 Å². The van der Waals surface area contributed by atoms with Gasteiger partial charge >= 0.3 is 5.97 Å². The van der Waals surface area contributed by atoms with Gasteiger partial charge in [0.15, 0.2) is 0 Å². The lowest BCUT2D eigenvalue weighted by molar-refractivity contribution is -0.141. The van der Waals surface area contributed by atoms with Crippen LogP contribution >= 0.6 is 0 Å². The minimum Gasteiger partial charge on any atom is -0.481 e. The number of carboxylic acid groups (broad SMARTS) is 1. The van der Waals surface area contributed by atoms with E-state index in [-0.39, 0.29) is 5.92 Å². The number of carboxylic acids is 1. The summed E-state index contributed by atoms with van der Waals surface area (Å²) < 4.78 is 0. The predicted octanol–water partition coefficient (Wildman–Crippen LogP) is 2.76. The molecular formula is C12H20N2O2. The van der Waals surface area contributed by atoms with Gasteiger partial charge in [0.1, 0.15) is 6.33 Å². The first-order valence-corrected chi connectivity index (χ1v) is 5.61. The fourth-order valence-corrected chi connectivity index (χ4v) is 1.08. The zero-order valence-electron chi connectivity index (χ0n) is 9.97. The number of aromatic nitrogens is 2. The standard InChI is InChI=1S/C8H16O2.C4H4N2/c1-3-4-5-6-7(2)8(9)10;1-2-5-4-6-3-1/h7H,3-6H2,1-2H3,(H,9,10);1-4H. The second kappa shape index (κ2) is 10.1. The molecule has 90 valence electrons. The summed E-state index contributed by atoms with van der Waals surface area (Å²) in [6.07, 6.45) is 9.05. The SMILES string of the molecule is CCCCCC(C)C(=O)O.c1cncnc1. The molecule has 1 heterocycles. The Bertz CT molecular complexity index is 238. The maximum absolute atomic E-state index is 10.3. The molecule has 1 N–H and O–H groups in total. The van der Waals surface area contributed by atoms with E-state index >= 15 is 0 Å². The number of nitrogens with zero attached hydrogens (tertiary/aromatic N) is 2. The average Bonchev–Trinajstić information content (AvgIpc) is 2.32. The molecule has 4 nitrogen and oxygen atoms in total. The van der Waals surface area contributed by atoms with E-state index in [1.54, 1.807) is 25.4 Å². The Morgan fingerprint density at radius 3 is 2.25 bits per heavy atom. The van der Waals surface area contributed by atoms with Gasteiger partial charge in [0.25, 0.3) is 0 Å². The van der Waals surface area contributed by atoms with Crippen LogP contribution in [0.5, 0.6) is 0 Å². The van der Waals surface area contributed by atoms with Crippen molar-refractivity contribution in [2.45, 2.75) is 39.5 Å². The fraction of sp³-hybridized carbons (Fsp3) is 0.583. The Morgan fingerprint density at radius 2 is 1.94 bits per heavy atom. The maximum atomic E-state index is 10.3. The third kappa shape index (κ3) is 9.12. The molecule has 16 heavy (non-hydrogen) atoms. The Kier molecular flexibility index (Phi) is 9.17. The van der Waals surface area contributed by atoms with Crippen molar-refractivity contribution in [3.63, 3.8) is 0 Å². The van der Waals surface area contributed by atoms with Crippen molar-refractivity contribution in [3.05, 3.63) is 24.8 Å². The summed E-state index contributed by atoms with van der Waals surface area (Å²) in [5, 5.41) is 8.48. The van der Waals surface area contributed by atoms with Gasteiger partial charge in [-0.3, -0.25) is 4.79 Å². The molecule has 0 aliphatic carbocycles. The van der Waals surface area contributed by atoms with E-state index in [2.05, 4.69) is 16.9 Å². The zero-order valence-corrected chi connectivity index (χ0v) is 9.97. The highest BCUT2D eigenvalue weighted by molar-refractivity contribution is 5.69. The minimum atomic E-state index is -0.670. The molecule has 0 amide bonds. The van der Waals surface area contributed by atoms with Gasteiger partial charge in [-0.2, -0.15) is 0 Å². The third-order valence-corrected chi connectivity index (χ3v) is 2.14. The second-order valence-electron chi connectivity index (χ2n) is 3.64. The summed E-state index contributed by atoms with van der Waals surface area (Å²) in [4.78, 5) is 17.6. The second-order valence-corrected chi connectivity index (χ2v) is 3.64. The van der Waals surface area contributed by atoms with Gasteiger partial charge in [0, 0.05) is 12.4 Å². The quantitative estimate of drug-likeness (QED) is 0.781. The number of hydrogen-bond acceptors (Lipinski definition) is 3. The monoisotopic (exact) mass is 224 g/mol. The van der Waals surface area contributed by atoms with Gasteiger partial charge in [0.05, 0.1) is 5.92 Å². The summed E-state index contributed by atoms with van der Waals surface area (Å²) in [5.74, 6) is -0.831. The molecule has 1 aromatic rings. The van der Waals surface area contributed by atoms with E-state index in [0.717, 1.165) is 25.7 Å². The molecule has 0 spiro atoms. The first-order chi connectivity index (χ1) is 7.68. The lowest BCUT2D eigenvalue weighted by Crippen LogP contribution is -2.08. The smallest absolute Gasteiger partial charge is 0.306 e.